The molecule has 3 nitrogen and oxygen atoms in total. The van der Waals surface area contributed by atoms with Crippen molar-refractivity contribution >= 4 is 5.91 Å². The van der Waals surface area contributed by atoms with Crippen LogP contribution in [0.4, 0.5) is 0 Å². The summed E-state index contributed by atoms with van der Waals surface area (Å²) >= 11 is 0. The second-order valence-corrected chi connectivity index (χ2v) is 7.73. The lowest BCUT2D eigenvalue weighted by atomic mass is 9.49. The molecule has 1 unspecified atom stereocenters. The quantitative estimate of drug-likeness (QED) is 0.820. The Hall–Kier alpha value is -0.570. The minimum atomic E-state index is -0.766. The summed E-state index contributed by atoms with van der Waals surface area (Å²) in [6.45, 7) is 4.15. The maximum absolute atomic E-state index is 12.6. The highest BCUT2D eigenvalue weighted by molar-refractivity contribution is 5.83. The van der Waals surface area contributed by atoms with E-state index < -0.39 is 5.60 Å². The average molecular weight is 265 g/mol. The van der Waals surface area contributed by atoms with Gasteiger partial charge < -0.3 is 10.4 Å². The largest absolute Gasteiger partial charge is 0.388 e. The monoisotopic (exact) mass is 265 g/mol. The summed E-state index contributed by atoms with van der Waals surface area (Å²) in [6, 6.07) is 0. The molecule has 3 heteroatoms. The van der Waals surface area contributed by atoms with Crippen molar-refractivity contribution in [3.63, 3.8) is 0 Å². The number of carbonyl (C=O) groups is 1. The summed E-state index contributed by atoms with van der Waals surface area (Å²) in [5.41, 5.74) is -0.851. The van der Waals surface area contributed by atoms with Gasteiger partial charge in [-0.05, 0) is 69.6 Å². The highest BCUT2D eigenvalue weighted by Crippen LogP contribution is 2.60. The zero-order valence-electron chi connectivity index (χ0n) is 12.2. The third-order valence-corrected chi connectivity index (χ3v) is 5.91. The molecule has 4 bridgehead atoms. The van der Waals surface area contributed by atoms with Gasteiger partial charge in [0.1, 0.15) is 0 Å². The van der Waals surface area contributed by atoms with Gasteiger partial charge in [0.2, 0.25) is 5.91 Å². The Kier molecular flexibility index (Phi) is 3.16. The minimum absolute atomic E-state index is 0.0848. The SMILES string of the molecule is CCC(C)(O)CNC(=O)C12CC3CC(CC(C3)C1)C2. The fourth-order valence-corrected chi connectivity index (χ4v) is 4.97. The van der Waals surface area contributed by atoms with Crippen LogP contribution in [0.15, 0.2) is 0 Å². The van der Waals surface area contributed by atoms with Gasteiger partial charge in [0, 0.05) is 12.0 Å². The maximum Gasteiger partial charge on any atom is 0.226 e. The van der Waals surface area contributed by atoms with E-state index in [0.29, 0.717) is 13.0 Å². The maximum atomic E-state index is 12.6. The summed E-state index contributed by atoms with van der Waals surface area (Å²) in [5.74, 6) is 2.61. The molecule has 4 fully saturated rings. The number of rotatable bonds is 4. The van der Waals surface area contributed by atoms with Crippen LogP contribution in [0.5, 0.6) is 0 Å². The molecule has 0 aromatic rings. The van der Waals surface area contributed by atoms with Crippen LogP contribution in [0.3, 0.4) is 0 Å². The molecule has 2 N–H and O–H groups in total. The number of amides is 1. The lowest BCUT2D eigenvalue weighted by molar-refractivity contribution is -0.147. The van der Waals surface area contributed by atoms with Crippen molar-refractivity contribution in [2.24, 2.45) is 23.2 Å². The first-order chi connectivity index (χ1) is 8.92. The fourth-order valence-electron chi connectivity index (χ4n) is 4.97. The number of hydrogen-bond donors (Lipinski definition) is 2. The first-order valence-corrected chi connectivity index (χ1v) is 7.93. The van der Waals surface area contributed by atoms with Crippen LogP contribution in [-0.4, -0.2) is 23.2 Å². The molecule has 0 aliphatic heterocycles. The van der Waals surface area contributed by atoms with Gasteiger partial charge in [0.25, 0.3) is 0 Å². The number of aliphatic hydroxyl groups is 1. The minimum Gasteiger partial charge on any atom is -0.388 e. The highest BCUT2D eigenvalue weighted by Gasteiger charge is 2.54. The van der Waals surface area contributed by atoms with E-state index in [1.54, 1.807) is 6.92 Å². The van der Waals surface area contributed by atoms with Crippen molar-refractivity contribution in [3.05, 3.63) is 0 Å². The molecule has 108 valence electrons. The van der Waals surface area contributed by atoms with Crippen LogP contribution in [0, 0.1) is 23.2 Å². The predicted molar refractivity (Wildman–Crippen MR) is 74.5 cm³/mol. The molecule has 19 heavy (non-hydrogen) atoms. The number of carbonyl (C=O) groups excluding carboxylic acids is 1. The van der Waals surface area contributed by atoms with Crippen molar-refractivity contribution in [1.82, 2.24) is 5.32 Å². The van der Waals surface area contributed by atoms with Gasteiger partial charge in [0.05, 0.1) is 5.60 Å². The Morgan fingerprint density at radius 1 is 1.21 bits per heavy atom. The molecule has 4 aliphatic rings. The Morgan fingerprint density at radius 2 is 1.68 bits per heavy atom. The molecule has 4 aliphatic carbocycles. The smallest absolute Gasteiger partial charge is 0.226 e. The second kappa shape index (κ2) is 4.47. The molecule has 0 aromatic heterocycles. The van der Waals surface area contributed by atoms with Gasteiger partial charge in [0.15, 0.2) is 0 Å². The zero-order valence-corrected chi connectivity index (χ0v) is 12.2. The fraction of sp³-hybridized carbons (Fsp3) is 0.938. The lowest BCUT2D eigenvalue weighted by Gasteiger charge is -2.55. The van der Waals surface area contributed by atoms with Gasteiger partial charge >= 0.3 is 0 Å². The van der Waals surface area contributed by atoms with E-state index in [0.717, 1.165) is 37.0 Å². The Balaban J connectivity index is 1.66. The summed E-state index contributed by atoms with van der Waals surface area (Å²) in [7, 11) is 0. The van der Waals surface area contributed by atoms with Gasteiger partial charge in [-0.2, -0.15) is 0 Å². The molecule has 0 saturated heterocycles. The molecular weight excluding hydrogens is 238 g/mol. The van der Waals surface area contributed by atoms with E-state index in [1.165, 1.54) is 19.3 Å². The van der Waals surface area contributed by atoms with Gasteiger partial charge in [-0.25, -0.2) is 0 Å². The number of hydrogen-bond acceptors (Lipinski definition) is 2. The van der Waals surface area contributed by atoms with E-state index >= 15 is 0 Å². The van der Waals surface area contributed by atoms with E-state index in [1.807, 2.05) is 6.92 Å². The molecular formula is C16H27NO2. The Morgan fingerprint density at radius 3 is 2.11 bits per heavy atom. The Bertz CT molecular complexity index is 340. The van der Waals surface area contributed by atoms with Gasteiger partial charge in [-0.1, -0.05) is 6.92 Å². The Labute approximate surface area is 116 Å². The molecule has 0 aromatic carbocycles. The zero-order chi connectivity index (χ0) is 13.7. The van der Waals surface area contributed by atoms with Crippen LogP contribution >= 0.6 is 0 Å². The van der Waals surface area contributed by atoms with Crippen LogP contribution in [0.1, 0.15) is 58.8 Å². The van der Waals surface area contributed by atoms with Crippen LogP contribution in [-0.2, 0) is 4.79 Å². The highest BCUT2D eigenvalue weighted by atomic mass is 16.3. The van der Waals surface area contributed by atoms with Crippen LogP contribution < -0.4 is 5.32 Å². The third kappa shape index (κ3) is 2.42. The normalized spacial score (nSPS) is 43.0. The molecule has 0 radical (unpaired) electrons. The molecule has 4 saturated carbocycles. The molecule has 1 atom stereocenters. The third-order valence-electron chi connectivity index (χ3n) is 5.91. The molecule has 4 rings (SSSR count). The molecule has 0 heterocycles. The van der Waals surface area contributed by atoms with Crippen LogP contribution in [0.25, 0.3) is 0 Å². The first kappa shape index (κ1) is 13.4. The van der Waals surface area contributed by atoms with Crippen molar-refractivity contribution in [1.29, 1.82) is 0 Å². The summed E-state index contributed by atoms with van der Waals surface area (Å²) in [4.78, 5) is 12.6. The second-order valence-electron chi connectivity index (χ2n) is 7.73. The summed E-state index contributed by atoms with van der Waals surface area (Å²) in [6.07, 6.45) is 8.04. The molecule has 1 amide bonds. The number of nitrogens with one attached hydrogen (secondary N) is 1. The first-order valence-electron chi connectivity index (χ1n) is 7.93. The van der Waals surface area contributed by atoms with Gasteiger partial charge in [-0.3, -0.25) is 4.79 Å². The van der Waals surface area contributed by atoms with E-state index in [9.17, 15) is 9.90 Å². The van der Waals surface area contributed by atoms with Crippen molar-refractivity contribution < 1.29 is 9.90 Å². The van der Waals surface area contributed by atoms with Crippen molar-refractivity contribution in [3.8, 4) is 0 Å². The van der Waals surface area contributed by atoms with E-state index in [-0.39, 0.29) is 11.3 Å². The van der Waals surface area contributed by atoms with E-state index in [2.05, 4.69) is 5.32 Å². The van der Waals surface area contributed by atoms with Gasteiger partial charge in [-0.15, -0.1) is 0 Å². The lowest BCUT2D eigenvalue weighted by Crippen LogP contribution is -2.55. The predicted octanol–water partition coefficient (Wildman–Crippen LogP) is 2.48. The van der Waals surface area contributed by atoms with E-state index in [4.69, 9.17) is 0 Å². The average Bonchev–Trinajstić information content (AvgIpc) is 2.34. The van der Waals surface area contributed by atoms with Crippen molar-refractivity contribution in [2.75, 3.05) is 6.54 Å². The van der Waals surface area contributed by atoms with Crippen LogP contribution in [0.2, 0.25) is 0 Å². The summed E-state index contributed by atoms with van der Waals surface area (Å²) < 4.78 is 0. The standard InChI is InChI=1S/C16H27NO2/c1-3-15(2,19)10-17-14(18)16-7-11-4-12(8-16)6-13(5-11)9-16/h11-13,19H,3-10H2,1-2H3,(H,17,18). The molecule has 0 spiro atoms. The van der Waals surface area contributed by atoms with Crippen molar-refractivity contribution in [2.45, 2.75) is 64.4 Å². The summed E-state index contributed by atoms with van der Waals surface area (Å²) in [5, 5.41) is 13.1. The topological polar surface area (TPSA) is 49.3 Å².